The molecular weight excluding hydrogens is 410 g/mol. The highest BCUT2D eigenvalue weighted by Crippen LogP contribution is 2.25. The number of carbonyl (C=O) groups excluding carboxylic acids is 2. The standard InChI is InChI=1S/C25H34ClN3O2/c1-3-15-27(20(2)30)19-25(31)29(22-11-5-4-6-12-22)18-23-13-9-16-28(23)17-21-10-7-8-14-24(21)26/h7-10,13-14,16,22H,3-6,11-12,15,17-19H2,1-2H3. The zero-order chi connectivity index (χ0) is 22.2. The molecule has 0 spiro atoms. The van der Waals surface area contributed by atoms with E-state index >= 15 is 0 Å². The molecule has 0 radical (unpaired) electrons. The first-order valence-corrected chi connectivity index (χ1v) is 11.8. The molecule has 0 atom stereocenters. The molecule has 3 rings (SSSR count). The van der Waals surface area contributed by atoms with Gasteiger partial charge in [-0.3, -0.25) is 9.59 Å². The number of halogens is 1. The molecule has 168 valence electrons. The minimum Gasteiger partial charge on any atom is -0.345 e. The molecule has 2 amide bonds. The van der Waals surface area contributed by atoms with Crippen molar-refractivity contribution in [3.63, 3.8) is 0 Å². The molecule has 0 aliphatic heterocycles. The van der Waals surface area contributed by atoms with E-state index < -0.39 is 0 Å². The summed E-state index contributed by atoms with van der Waals surface area (Å²) >= 11 is 6.37. The molecule has 0 N–H and O–H groups in total. The Kier molecular flexibility index (Phi) is 8.59. The molecule has 31 heavy (non-hydrogen) atoms. The SMILES string of the molecule is CCCN(CC(=O)N(Cc1cccn1Cc1ccccc1Cl)C1CCCCC1)C(C)=O. The zero-order valence-electron chi connectivity index (χ0n) is 18.7. The third kappa shape index (κ3) is 6.36. The predicted octanol–water partition coefficient (Wildman–Crippen LogP) is 5.11. The van der Waals surface area contributed by atoms with Crippen LogP contribution in [-0.4, -0.2) is 45.3 Å². The van der Waals surface area contributed by atoms with Gasteiger partial charge in [-0.2, -0.15) is 0 Å². The maximum atomic E-state index is 13.4. The van der Waals surface area contributed by atoms with E-state index in [1.165, 1.54) is 6.42 Å². The summed E-state index contributed by atoms with van der Waals surface area (Å²) in [7, 11) is 0. The van der Waals surface area contributed by atoms with Crippen molar-refractivity contribution in [2.24, 2.45) is 0 Å². The van der Waals surface area contributed by atoms with Crippen molar-refractivity contribution in [1.82, 2.24) is 14.4 Å². The average Bonchev–Trinajstić information content (AvgIpc) is 3.20. The van der Waals surface area contributed by atoms with Gasteiger partial charge >= 0.3 is 0 Å². The van der Waals surface area contributed by atoms with Gasteiger partial charge in [-0.1, -0.05) is 56.0 Å². The van der Waals surface area contributed by atoms with Gasteiger partial charge in [-0.25, -0.2) is 0 Å². The zero-order valence-corrected chi connectivity index (χ0v) is 19.5. The van der Waals surface area contributed by atoms with E-state index in [-0.39, 0.29) is 24.4 Å². The van der Waals surface area contributed by atoms with Crippen molar-refractivity contribution in [2.75, 3.05) is 13.1 Å². The summed E-state index contributed by atoms with van der Waals surface area (Å²) in [5, 5.41) is 0.749. The van der Waals surface area contributed by atoms with Gasteiger partial charge < -0.3 is 14.4 Å². The van der Waals surface area contributed by atoms with Crippen LogP contribution >= 0.6 is 11.6 Å². The topological polar surface area (TPSA) is 45.6 Å². The second-order valence-electron chi connectivity index (χ2n) is 8.47. The summed E-state index contributed by atoms with van der Waals surface area (Å²) < 4.78 is 2.17. The Morgan fingerprint density at radius 3 is 2.52 bits per heavy atom. The third-order valence-corrected chi connectivity index (χ3v) is 6.52. The summed E-state index contributed by atoms with van der Waals surface area (Å²) in [4.78, 5) is 29.1. The second kappa shape index (κ2) is 11.4. The summed E-state index contributed by atoms with van der Waals surface area (Å²) in [5.41, 5.74) is 2.14. The fraction of sp³-hybridized carbons (Fsp3) is 0.520. The van der Waals surface area contributed by atoms with E-state index in [9.17, 15) is 9.59 Å². The summed E-state index contributed by atoms with van der Waals surface area (Å²) in [6.07, 6.45) is 8.49. The van der Waals surface area contributed by atoms with Crippen molar-refractivity contribution < 1.29 is 9.59 Å². The number of hydrogen-bond acceptors (Lipinski definition) is 2. The lowest BCUT2D eigenvalue weighted by molar-refractivity contribution is -0.142. The monoisotopic (exact) mass is 443 g/mol. The molecule has 1 heterocycles. The second-order valence-corrected chi connectivity index (χ2v) is 8.88. The number of amides is 2. The van der Waals surface area contributed by atoms with Gasteiger partial charge in [0.15, 0.2) is 0 Å². The number of carbonyl (C=O) groups is 2. The fourth-order valence-electron chi connectivity index (χ4n) is 4.42. The Labute approximate surface area is 191 Å². The molecule has 2 aromatic rings. The van der Waals surface area contributed by atoms with Crippen molar-refractivity contribution >= 4 is 23.4 Å². The summed E-state index contributed by atoms with van der Waals surface area (Å²) in [5.74, 6) is 0.00179. The van der Waals surface area contributed by atoms with Crippen LogP contribution in [0.3, 0.4) is 0 Å². The first-order chi connectivity index (χ1) is 15.0. The molecule has 6 heteroatoms. The molecule has 0 unspecified atom stereocenters. The molecule has 0 saturated heterocycles. The van der Waals surface area contributed by atoms with Gasteiger partial charge in [0.25, 0.3) is 0 Å². The van der Waals surface area contributed by atoms with E-state index in [1.807, 2.05) is 48.4 Å². The van der Waals surface area contributed by atoms with Gasteiger partial charge in [0.1, 0.15) is 0 Å². The van der Waals surface area contributed by atoms with Gasteiger partial charge in [0.2, 0.25) is 11.8 Å². The lowest BCUT2D eigenvalue weighted by Gasteiger charge is -2.36. The van der Waals surface area contributed by atoms with Crippen LogP contribution in [0.25, 0.3) is 0 Å². The van der Waals surface area contributed by atoms with Crippen LogP contribution in [-0.2, 0) is 22.7 Å². The number of benzene rings is 1. The van der Waals surface area contributed by atoms with E-state index in [0.29, 0.717) is 19.6 Å². The minimum atomic E-state index is -0.0408. The third-order valence-electron chi connectivity index (χ3n) is 6.16. The molecule has 1 aliphatic carbocycles. The van der Waals surface area contributed by atoms with Crippen molar-refractivity contribution in [3.8, 4) is 0 Å². The summed E-state index contributed by atoms with van der Waals surface area (Å²) in [6.45, 7) is 5.57. The lowest BCUT2D eigenvalue weighted by Crippen LogP contribution is -2.47. The molecule has 1 aromatic heterocycles. The highest BCUT2D eigenvalue weighted by Gasteiger charge is 2.28. The normalized spacial score (nSPS) is 14.4. The van der Waals surface area contributed by atoms with Crippen LogP contribution in [0, 0.1) is 0 Å². The fourth-order valence-corrected chi connectivity index (χ4v) is 4.61. The van der Waals surface area contributed by atoms with Crippen molar-refractivity contribution in [1.29, 1.82) is 0 Å². The number of hydrogen-bond donors (Lipinski definition) is 0. The molecule has 5 nitrogen and oxygen atoms in total. The molecule has 1 saturated carbocycles. The van der Waals surface area contributed by atoms with Gasteiger partial charge in [0, 0.05) is 43.0 Å². The maximum absolute atomic E-state index is 13.4. The molecule has 1 aliphatic rings. The highest BCUT2D eigenvalue weighted by molar-refractivity contribution is 6.31. The Morgan fingerprint density at radius 1 is 1.10 bits per heavy atom. The number of nitrogens with zero attached hydrogens (tertiary/aromatic N) is 3. The van der Waals surface area contributed by atoms with E-state index in [0.717, 1.165) is 48.4 Å². The van der Waals surface area contributed by atoms with E-state index in [4.69, 9.17) is 11.6 Å². The quantitative estimate of drug-likeness (QED) is 0.540. The van der Waals surface area contributed by atoms with E-state index in [1.54, 1.807) is 11.8 Å². The van der Waals surface area contributed by atoms with Crippen molar-refractivity contribution in [2.45, 2.75) is 71.5 Å². The number of aromatic nitrogens is 1. The minimum absolute atomic E-state index is 0.0408. The average molecular weight is 444 g/mol. The van der Waals surface area contributed by atoms with E-state index in [2.05, 4.69) is 10.6 Å². The Morgan fingerprint density at radius 2 is 1.84 bits per heavy atom. The Bertz CT molecular complexity index is 873. The Balaban J connectivity index is 1.79. The predicted molar refractivity (Wildman–Crippen MR) is 125 cm³/mol. The van der Waals surface area contributed by atoms with Crippen LogP contribution in [0.15, 0.2) is 42.6 Å². The molecule has 1 aromatic carbocycles. The van der Waals surface area contributed by atoms with Crippen molar-refractivity contribution in [3.05, 3.63) is 58.9 Å². The van der Waals surface area contributed by atoms with Crippen LogP contribution in [0.4, 0.5) is 0 Å². The van der Waals surface area contributed by atoms with Gasteiger partial charge in [0.05, 0.1) is 13.1 Å². The van der Waals surface area contributed by atoms with Gasteiger partial charge in [-0.05, 0) is 43.0 Å². The molecule has 1 fully saturated rings. The smallest absolute Gasteiger partial charge is 0.242 e. The van der Waals surface area contributed by atoms with Crippen LogP contribution < -0.4 is 0 Å². The first kappa shape index (κ1) is 23.4. The number of rotatable bonds is 9. The Hall–Kier alpha value is -2.27. The van der Waals surface area contributed by atoms with Crippen LogP contribution in [0.1, 0.15) is 63.6 Å². The van der Waals surface area contributed by atoms with Gasteiger partial charge in [-0.15, -0.1) is 0 Å². The molecule has 0 bridgehead atoms. The molecular formula is C25H34ClN3O2. The highest BCUT2D eigenvalue weighted by atomic mass is 35.5. The lowest BCUT2D eigenvalue weighted by atomic mass is 9.94. The largest absolute Gasteiger partial charge is 0.345 e. The summed E-state index contributed by atoms with van der Waals surface area (Å²) in [6, 6.07) is 12.2. The first-order valence-electron chi connectivity index (χ1n) is 11.4. The maximum Gasteiger partial charge on any atom is 0.242 e. The van der Waals surface area contributed by atoms with Crippen LogP contribution in [0.2, 0.25) is 5.02 Å². The van der Waals surface area contributed by atoms with Crippen LogP contribution in [0.5, 0.6) is 0 Å².